The summed E-state index contributed by atoms with van der Waals surface area (Å²) in [7, 11) is 0. The summed E-state index contributed by atoms with van der Waals surface area (Å²) in [5.41, 5.74) is 10.2. The van der Waals surface area contributed by atoms with Crippen molar-refractivity contribution in [2.75, 3.05) is 0 Å². The van der Waals surface area contributed by atoms with Gasteiger partial charge in [-0.05, 0) is 63.4 Å². The first-order chi connectivity index (χ1) is 22.3. The average Bonchev–Trinajstić information content (AvgIpc) is 3.50. The molecule has 210 valence electrons. The van der Waals surface area contributed by atoms with Crippen LogP contribution in [0.2, 0.25) is 0 Å². The second-order valence-corrected chi connectivity index (χ2v) is 11.4. The van der Waals surface area contributed by atoms with Gasteiger partial charge < -0.3 is 4.42 Å². The molecule has 3 heteroatoms. The summed E-state index contributed by atoms with van der Waals surface area (Å²) in [4.78, 5) is 10.3. The summed E-state index contributed by atoms with van der Waals surface area (Å²) in [6.07, 6.45) is 0. The van der Waals surface area contributed by atoms with Gasteiger partial charge in [0.25, 0.3) is 0 Å². The van der Waals surface area contributed by atoms with E-state index in [0.29, 0.717) is 5.82 Å². The molecule has 0 aliphatic heterocycles. The van der Waals surface area contributed by atoms with Crippen molar-refractivity contribution in [2.24, 2.45) is 0 Å². The van der Waals surface area contributed by atoms with Gasteiger partial charge in [0.2, 0.25) is 0 Å². The fourth-order valence-electron chi connectivity index (χ4n) is 6.53. The molecule has 2 aromatic heterocycles. The molecule has 0 N–H and O–H groups in total. The van der Waals surface area contributed by atoms with Crippen molar-refractivity contribution < 1.29 is 4.42 Å². The van der Waals surface area contributed by atoms with Crippen molar-refractivity contribution in [3.63, 3.8) is 0 Å². The molecular formula is C42H26N2O. The van der Waals surface area contributed by atoms with Crippen LogP contribution in [0.25, 0.3) is 88.5 Å². The Hall–Kier alpha value is -6.06. The lowest BCUT2D eigenvalue weighted by Gasteiger charge is -2.11. The molecular weight excluding hydrogens is 548 g/mol. The largest absolute Gasteiger partial charge is 0.456 e. The number of rotatable bonds is 4. The van der Waals surface area contributed by atoms with Crippen LogP contribution < -0.4 is 0 Å². The molecule has 0 radical (unpaired) electrons. The third-order valence-corrected chi connectivity index (χ3v) is 8.67. The lowest BCUT2D eigenvalue weighted by atomic mass is 9.96. The lowest BCUT2D eigenvalue weighted by Crippen LogP contribution is -1.96. The second-order valence-electron chi connectivity index (χ2n) is 11.4. The van der Waals surface area contributed by atoms with Crippen molar-refractivity contribution in [3.05, 3.63) is 158 Å². The average molecular weight is 575 g/mol. The normalized spacial score (nSPS) is 11.6. The molecule has 0 amide bonds. The number of benzene rings is 7. The molecule has 0 spiro atoms. The first-order valence-corrected chi connectivity index (χ1v) is 15.2. The van der Waals surface area contributed by atoms with Gasteiger partial charge in [0.1, 0.15) is 11.2 Å². The van der Waals surface area contributed by atoms with E-state index < -0.39 is 0 Å². The van der Waals surface area contributed by atoms with Crippen molar-refractivity contribution in [1.82, 2.24) is 9.97 Å². The number of fused-ring (bicyclic) bond motifs is 6. The van der Waals surface area contributed by atoms with E-state index in [0.717, 1.165) is 71.6 Å². The summed E-state index contributed by atoms with van der Waals surface area (Å²) in [5.74, 6) is 0.685. The zero-order valence-corrected chi connectivity index (χ0v) is 24.3. The van der Waals surface area contributed by atoms with E-state index in [-0.39, 0.29) is 0 Å². The molecule has 0 saturated carbocycles. The Morgan fingerprint density at radius 3 is 1.80 bits per heavy atom. The molecule has 45 heavy (non-hydrogen) atoms. The highest BCUT2D eigenvalue weighted by molar-refractivity contribution is 6.22. The van der Waals surface area contributed by atoms with Gasteiger partial charge in [0.15, 0.2) is 5.82 Å². The molecule has 2 heterocycles. The number of aromatic nitrogens is 2. The van der Waals surface area contributed by atoms with E-state index in [1.165, 1.54) is 11.1 Å². The van der Waals surface area contributed by atoms with Crippen LogP contribution in [0.1, 0.15) is 0 Å². The van der Waals surface area contributed by atoms with Crippen LogP contribution in [-0.2, 0) is 0 Å². The van der Waals surface area contributed by atoms with Crippen molar-refractivity contribution in [2.45, 2.75) is 0 Å². The quantitative estimate of drug-likeness (QED) is 0.210. The Bertz CT molecular complexity index is 2530. The summed E-state index contributed by atoms with van der Waals surface area (Å²) in [6, 6.07) is 54.9. The van der Waals surface area contributed by atoms with Crippen molar-refractivity contribution in [1.29, 1.82) is 0 Å². The third-order valence-electron chi connectivity index (χ3n) is 8.67. The Balaban J connectivity index is 1.24. The van der Waals surface area contributed by atoms with Gasteiger partial charge >= 0.3 is 0 Å². The number of nitrogens with zero attached hydrogens (tertiary/aromatic N) is 2. The summed E-state index contributed by atoms with van der Waals surface area (Å²) in [5, 5.41) is 5.46. The Kier molecular flexibility index (Phi) is 5.82. The third kappa shape index (κ3) is 4.29. The van der Waals surface area contributed by atoms with Crippen LogP contribution in [0.3, 0.4) is 0 Å². The van der Waals surface area contributed by atoms with Crippen LogP contribution in [0, 0.1) is 0 Å². The Morgan fingerprint density at radius 2 is 1.00 bits per heavy atom. The highest BCUT2D eigenvalue weighted by atomic mass is 16.3. The zero-order chi connectivity index (χ0) is 29.7. The van der Waals surface area contributed by atoms with E-state index in [4.69, 9.17) is 14.4 Å². The van der Waals surface area contributed by atoms with Gasteiger partial charge in [-0.1, -0.05) is 127 Å². The number of para-hydroxylation sites is 1. The van der Waals surface area contributed by atoms with Crippen LogP contribution >= 0.6 is 0 Å². The highest BCUT2D eigenvalue weighted by Gasteiger charge is 2.18. The van der Waals surface area contributed by atoms with Gasteiger partial charge in [-0.2, -0.15) is 0 Å². The fourth-order valence-corrected chi connectivity index (χ4v) is 6.53. The monoisotopic (exact) mass is 574 g/mol. The van der Waals surface area contributed by atoms with Crippen LogP contribution in [0.15, 0.2) is 162 Å². The number of furan rings is 1. The van der Waals surface area contributed by atoms with Crippen LogP contribution in [-0.4, -0.2) is 9.97 Å². The smallest absolute Gasteiger partial charge is 0.161 e. The predicted octanol–water partition coefficient (Wildman–Crippen LogP) is 11.4. The molecule has 3 nitrogen and oxygen atoms in total. The summed E-state index contributed by atoms with van der Waals surface area (Å²) < 4.78 is 6.65. The van der Waals surface area contributed by atoms with Crippen molar-refractivity contribution >= 4 is 43.6 Å². The first-order valence-electron chi connectivity index (χ1n) is 15.2. The van der Waals surface area contributed by atoms with Crippen LogP contribution in [0.5, 0.6) is 0 Å². The maximum atomic E-state index is 6.65. The summed E-state index contributed by atoms with van der Waals surface area (Å²) in [6.45, 7) is 0. The van der Waals surface area contributed by atoms with E-state index in [1.54, 1.807) is 0 Å². The predicted molar refractivity (Wildman–Crippen MR) is 186 cm³/mol. The second kappa shape index (κ2) is 10.3. The topological polar surface area (TPSA) is 38.9 Å². The van der Waals surface area contributed by atoms with Gasteiger partial charge in [-0.25, -0.2) is 9.97 Å². The zero-order valence-electron chi connectivity index (χ0n) is 24.3. The highest BCUT2D eigenvalue weighted by Crippen LogP contribution is 2.41. The van der Waals surface area contributed by atoms with Gasteiger partial charge in [0.05, 0.1) is 11.2 Å². The molecule has 0 unspecified atom stereocenters. The van der Waals surface area contributed by atoms with Gasteiger partial charge in [-0.15, -0.1) is 0 Å². The molecule has 9 aromatic rings. The van der Waals surface area contributed by atoms with Crippen LogP contribution in [0.4, 0.5) is 0 Å². The molecule has 0 atom stereocenters. The van der Waals surface area contributed by atoms with E-state index in [1.807, 2.05) is 36.4 Å². The Morgan fingerprint density at radius 1 is 0.378 bits per heavy atom. The minimum absolute atomic E-state index is 0.685. The van der Waals surface area contributed by atoms with E-state index >= 15 is 0 Å². The SMILES string of the molecule is c1ccc(-c2cccc(-c3ccc4c(c3)oc3cc(-c5nc(-c6ccccc6)c6ccccc6n5)c5ccccc5c34)c2)cc1. The Labute approximate surface area is 260 Å². The molecule has 9 rings (SSSR count). The first kappa shape index (κ1) is 25.4. The maximum Gasteiger partial charge on any atom is 0.161 e. The van der Waals surface area contributed by atoms with Crippen molar-refractivity contribution in [3.8, 4) is 44.9 Å². The minimum atomic E-state index is 0.685. The summed E-state index contributed by atoms with van der Waals surface area (Å²) >= 11 is 0. The maximum absolute atomic E-state index is 6.65. The van der Waals surface area contributed by atoms with E-state index in [9.17, 15) is 0 Å². The number of hydrogen-bond donors (Lipinski definition) is 0. The fraction of sp³-hybridized carbons (Fsp3) is 0. The standard InChI is InChI=1S/C42H26N2O/c1-3-12-27(13-4-1)29-16-11-17-30(24-29)31-22-23-35-38(25-31)45-39-26-36(32-18-7-8-19-33(32)40(35)39)42-43-37-21-10-9-20-34(37)41(44-42)28-14-5-2-6-15-28/h1-26H. The van der Waals surface area contributed by atoms with Gasteiger partial charge in [-0.3, -0.25) is 0 Å². The lowest BCUT2D eigenvalue weighted by molar-refractivity contribution is 0.669. The number of hydrogen-bond acceptors (Lipinski definition) is 3. The molecule has 0 aliphatic rings. The van der Waals surface area contributed by atoms with Gasteiger partial charge in [0, 0.05) is 27.3 Å². The minimum Gasteiger partial charge on any atom is -0.456 e. The molecule has 0 fully saturated rings. The molecule has 7 aromatic carbocycles. The molecule has 0 saturated heterocycles. The van der Waals surface area contributed by atoms with E-state index in [2.05, 4.69) is 121 Å². The molecule has 0 bridgehead atoms. The molecule has 0 aliphatic carbocycles.